The third-order valence-electron chi connectivity index (χ3n) is 5.42. The van der Waals surface area contributed by atoms with Crippen molar-refractivity contribution in [3.05, 3.63) is 106 Å². The highest BCUT2D eigenvalue weighted by Gasteiger charge is 2.25. The van der Waals surface area contributed by atoms with Crippen LogP contribution in [0, 0.1) is 0 Å². The molecule has 0 bridgehead atoms. The second kappa shape index (κ2) is 9.71. The molecule has 0 saturated heterocycles. The van der Waals surface area contributed by atoms with Gasteiger partial charge in [0.15, 0.2) is 11.4 Å². The van der Waals surface area contributed by atoms with E-state index in [4.69, 9.17) is 18.9 Å². The zero-order chi connectivity index (χ0) is 25.1. The fraction of sp³-hybridized carbons (Fsp3) is 0.0714. The number of cyclic esters (lactones) is 2. The van der Waals surface area contributed by atoms with Crippen LogP contribution < -0.4 is 9.47 Å². The second-order valence-electron chi connectivity index (χ2n) is 7.80. The number of nitrogens with zero attached hydrogens (tertiary/aromatic N) is 2. The van der Waals surface area contributed by atoms with E-state index >= 15 is 0 Å². The van der Waals surface area contributed by atoms with Gasteiger partial charge in [0.05, 0.1) is 14.2 Å². The smallest absolute Gasteiger partial charge is 0.363 e. The number of hydrogen-bond acceptors (Lipinski definition) is 8. The van der Waals surface area contributed by atoms with Crippen molar-refractivity contribution < 1.29 is 28.5 Å². The molecule has 0 aromatic heterocycles. The molecule has 8 heteroatoms. The molecule has 0 spiro atoms. The Hall–Kier alpha value is -4.98. The summed E-state index contributed by atoms with van der Waals surface area (Å²) in [5.74, 6) is 0.644. The average molecular weight is 480 g/mol. The minimum absolute atomic E-state index is 0.186. The number of ether oxygens (including phenoxy) is 4. The van der Waals surface area contributed by atoms with Crippen LogP contribution in [-0.4, -0.2) is 38.0 Å². The number of carbonyl (C=O) groups is 2. The van der Waals surface area contributed by atoms with Crippen LogP contribution >= 0.6 is 0 Å². The molecule has 0 aliphatic carbocycles. The van der Waals surface area contributed by atoms with Crippen molar-refractivity contribution in [1.29, 1.82) is 0 Å². The molecular formula is C28H20N2O6. The minimum Gasteiger partial charge on any atom is -0.497 e. The van der Waals surface area contributed by atoms with E-state index in [1.165, 1.54) is 0 Å². The van der Waals surface area contributed by atoms with Crippen LogP contribution in [0.15, 0.2) is 94.2 Å². The van der Waals surface area contributed by atoms with Crippen LogP contribution in [0.3, 0.4) is 0 Å². The summed E-state index contributed by atoms with van der Waals surface area (Å²) in [4.78, 5) is 33.3. The highest BCUT2D eigenvalue weighted by molar-refractivity contribution is 6.13. The zero-order valence-corrected chi connectivity index (χ0v) is 19.4. The Morgan fingerprint density at radius 2 is 1.06 bits per heavy atom. The first-order chi connectivity index (χ1) is 17.5. The molecule has 8 nitrogen and oxygen atoms in total. The van der Waals surface area contributed by atoms with Crippen LogP contribution in [0.25, 0.3) is 12.2 Å². The Labute approximate surface area is 206 Å². The lowest BCUT2D eigenvalue weighted by Crippen LogP contribution is -2.05. The van der Waals surface area contributed by atoms with Crippen LogP contribution in [0.2, 0.25) is 0 Å². The maximum absolute atomic E-state index is 12.3. The topological polar surface area (TPSA) is 95.8 Å². The Kier molecular flexibility index (Phi) is 6.15. The van der Waals surface area contributed by atoms with Crippen molar-refractivity contribution in [2.45, 2.75) is 0 Å². The van der Waals surface area contributed by atoms with Crippen molar-refractivity contribution in [3.8, 4) is 11.5 Å². The molecule has 0 radical (unpaired) electrons. The number of methoxy groups -OCH3 is 2. The van der Waals surface area contributed by atoms with E-state index in [2.05, 4.69) is 9.98 Å². The van der Waals surface area contributed by atoms with Crippen molar-refractivity contribution in [2.75, 3.05) is 14.2 Å². The van der Waals surface area contributed by atoms with Gasteiger partial charge in [0.2, 0.25) is 11.8 Å². The molecule has 178 valence electrons. The largest absolute Gasteiger partial charge is 0.497 e. The lowest BCUT2D eigenvalue weighted by Gasteiger charge is -2.02. The monoisotopic (exact) mass is 480 g/mol. The van der Waals surface area contributed by atoms with E-state index in [0.29, 0.717) is 22.6 Å². The maximum Gasteiger partial charge on any atom is 0.363 e. The molecule has 36 heavy (non-hydrogen) atoms. The molecule has 2 heterocycles. The average Bonchev–Trinajstić information content (AvgIpc) is 3.47. The van der Waals surface area contributed by atoms with Gasteiger partial charge in [-0.2, -0.15) is 0 Å². The summed E-state index contributed by atoms with van der Waals surface area (Å²) in [5, 5.41) is 0. The van der Waals surface area contributed by atoms with Crippen LogP contribution in [-0.2, 0) is 19.1 Å². The van der Waals surface area contributed by atoms with Gasteiger partial charge in [0.1, 0.15) is 11.5 Å². The highest BCUT2D eigenvalue weighted by Crippen LogP contribution is 2.24. The molecule has 3 aromatic carbocycles. The molecule has 0 unspecified atom stereocenters. The molecule has 0 amide bonds. The maximum atomic E-state index is 12.3. The van der Waals surface area contributed by atoms with Crippen molar-refractivity contribution in [1.82, 2.24) is 0 Å². The van der Waals surface area contributed by atoms with Crippen molar-refractivity contribution in [3.63, 3.8) is 0 Å². The summed E-state index contributed by atoms with van der Waals surface area (Å²) < 4.78 is 21.1. The van der Waals surface area contributed by atoms with E-state index in [-0.39, 0.29) is 23.2 Å². The molecular weight excluding hydrogens is 460 g/mol. The van der Waals surface area contributed by atoms with E-state index in [1.54, 1.807) is 99.2 Å². The normalized spacial score (nSPS) is 17.1. The van der Waals surface area contributed by atoms with E-state index < -0.39 is 11.9 Å². The van der Waals surface area contributed by atoms with Crippen molar-refractivity contribution >= 4 is 35.9 Å². The number of carbonyl (C=O) groups excluding carboxylic acids is 2. The van der Waals surface area contributed by atoms with Crippen molar-refractivity contribution in [2.24, 2.45) is 9.98 Å². The van der Waals surface area contributed by atoms with Crippen LogP contribution in [0.4, 0.5) is 0 Å². The number of hydrogen-bond donors (Lipinski definition) is 0. The van der Waals surface area contributed by atoms with Gasteiger partial charge in [-0.15, -0.1) is 0 Å². The molecule has 0 saturated carbocycles. The molecule has 0 fully saturated rings. The summed E-state index contributed by atoms with van der Waals surface area (Å²) >= 11 is 0. The minimum atomic E-state index is -0.535. The fourth-order valence-corrected chi connectivity index (χ4v) is 3.58. The highest BCUT2D eigenvalue weighted by atomic mass is 16.6. The van der Waals surface area contributed by atoms with E-state index in [9.17, 15) is 9.59 Å². The molecule has 0 atom stereocenters. The summed E-state index contributed by atoms with van der Waals surface area (Å²) in [7, 11) is 3.13. The first-order valence-electron chi connectivity index (χ1n) is 11.0. The number of benzene rings is 3. The Bertz CT molecular complexity index is 1370. The summed E-state index contributed by atoms with van der Waals surface area (Å²) in [5.41, 5.74) is 3.15. The first-order valence-corrected chi connectivity index (χ1v) is 11.0. The standard InChI is InChI=1S/C28H20N2O6/c1-33-21-7-3-5-19(15-21)25-29-23(27(31)35-25)13-17-9-11-18(12-10-17)14-24-28(32)36-26(30-24)20-6-4-8-22(16-20)34-2/h3-16H,1-2H3/b23-13-,24-14+. The number of rotatable bonds is 6. The van der Waals surface area contributed by atoms with Crippen LogP contribution in [0.1, 0.15) is 22.3 Å². The zero-order valence-electron chi connectivity index (χ0n) is 19.4. The van der Waals surface area contributed by atoms with Gasteiger partial charge in [-0.05, 0) is 59.7 Å². The number of aliphatic imine (C=N–C) groups is 2. The SMILES string of the molecule is COc1cccc(C2=N/C(=C\c3ccc(/C=C4/N=C(c5cccc(OC)c5)OC4=O)cc3)C(=O)O2)c1. The third-order valence-corrected chi connectivity index (χ3v) is 5.42. The second-order valence-corrected chi connectivity index (χ2v) is 7.80. The molecule has 3 aromatic rings. The van der Waals surface area contributed by atoms with Gasteiger partial charge < -0.3 is 18.9 Å². The van der Waals surface area contributed by atoms with Gasteiger partial charge in [-0.25, -0.2) is 19.6 Å². The van der Waals surface area contributed by atoms with Gasteiger partial charge in [-0.1, -0.05) is 36.4 Å². The van der Waals surface area contributed by atoms with Gasteiger partial charge in [-0.3, -0.25) is 0 Å². The third kappa shape index (κ3) is 4.78. The summed E-state index contributed by atoms with van der Waals surface area (Å²) in [6.07, 6.45) is 3.27. The van der Waals surface area contributed by atoms with Gasteiger partial charge in [0.25, 0.3) is 0 Å². The predicted molar refractivity (Wildman–Crippen MR) is 134 cm³/mol. The molecule has 0 N–H and O–H groups in total. The Morgan fingerprint density at radius 3 is 1.44 bits per heavy atom. The predicted octanol–water partition coefficient (Wildman–Crippen LogP) is 4.39. The van der Waals surface area contributed by atoms with E-state index in [0.717, 1.165) is 11.1 Å². The fourth-order valence-electron chi connectivity index (χ4n) is 3.58. The van der Waals surface area contributed by atoms with E-state index in [1.807, 2.05) is 0 Å². The Balaban J connectivity index is 1.35. The molecule has 2 aliphatic heterocycles. The summed E-state index contributed by atoms with van der Waals surface area (Å²) in [6, 6.07) is 21.5. The van der Waals surface area contributed by atoms with Crippen LogP contribution in [0.5, 0.6) is 11.5 Å². The first kappa shape index (κ1) is 22.8. The summed E-state index contributed by atoms with van der Waals surface area (Å²) in [6.45, 7) is 0. The molecule has 2 aliphatic rings. The quantitative estimate of drug-likeness (QED) is 0.384. The lowest BCUT2D eigenvalue weighted by atomic mass is 10.1. The Morgan fingerprint density at radius 1 is 0.639 bits per heavy atom. The number of esters is 2. The lowest BCUT2D eigenvalue weighted by molar-refractivity contribution is -0.130. The van der Waals surface area contributed by atoms with Gasteiger partial charge in [0, 0.05) is 11.1 Å². The molecule has 5 rings (SSSR count). The van der Waals surface area contributed by atoms with Gasteiger partial charge >= 0.3 is 11.9 Å².